The van der Waals surface area contributed by atoms with Crippen molar-refractivity contribution in [2.45, 2.75) is 0 Å². The zero-order chi connectivity index (χ0) is 20.4. The number of aromatic carboxylic acids is 1. The lowest BCUT2D eigenvalue weighted by atomic mass is 9.93. The Morgan fingerprint density at radius 1 is 0.630 bits per heavy atom. The Labute approximate surface area is 161 Å². The van der Waals surface area contributed by atoms with E-state index < -0.39 is 5.97 Å². The minimum absolute atomic E-state index is 0.210. The van der Waals surface area contributed by atoms with Crippen LogP contribution < -0.4 is 0 Å². The molecule has 0 atom stereocenters. The van der Waals surface area contributed by atoms with Crippen molar-refractivity contribution in [2.24, 2.45) is 0 Å². The molecule has 0 radical (unpaired) electrons. The maximum Gasteiger partial charge on any atom is 0.335 e. The molecule has 0 fully saturated rings. The van der Waals surface area contributed by atoms with Crippen molar-refractivity contribution < 1.29 is 12.6 Å². The van der Waals surface area contributed by atoms with E-state index in [9.17, 15) is 4.79 Å². The van der Waals surface area contributed by atoms with Crippen LogP contribution in [0.3, 0.4) is 0 Å². The third-order valence-corrected chi connectivity index (χ3v) is 4.44. The van der Waals surface area contributed by atoms with Gasteiger partial charge in [0.05, 0.1) is 8.30 Å². The van der Waals surface area contributed by atoms with Crippen molar-refractivity contribution in [1.82, 2.24) is 0 Å². The molecule has 0 aromatic heterocycles. The Kier molecular flexibility index (Phi) is 3.93. The van der Waals surface area contributed by atoms with Crippen LogP contribution in [0.2, 0.25) is 0 Å². The molecular weight excluding hydrogens is 332 g/mol. The summed E-state index contributed by atoms with van der Waals surface area (Å²) < 4.78 is 16.7. The van der Waals surface area contributed by atoms with E-state index in [2.05, 4.69) is 0 Å². The number of carboxylic acid groups (broad SMARTS) is 1. The average Bonchev–Trinajstić information content (AvgIpc) is 2.74. The first-order chi connectivity index (χ1) is 14.0. The lowest BCUT2D eigenvalue weighted by Crippen LogP contribution is -1.95. The third kappa shape index (κ3) is 3.65. The van der Waals surface area contributed by atoms with E-state index in [0.29, 0.717) is 17.6 Å². The Morgan fingerprint density at radius 3 is 1.78 bits per heavy atom. The van der Waals surface area contributed by atoms with Gasteiger partial charge in [-0.3, -0.25) is 0 Å². The van der Waals surface area contributed by atoms with Crippen LogP contribution in [-0.2, 0) is 0 Å². The molecule has 27 heavy (non-hydrogen) atoms. The quantitative estimate of drug-likeness (QED) is 0.462. The SMILES string of the molecule is [2H]c1cccc(-c2cc(-c3ccccc3)c([2H])c(-c3ccc(C(=O)O)cc3)c2)c1. The molecule has 0 unspecified atom stereocenters. The molecule has 0 saturated heterocycles. The van der Waals surface area contributed by atoms with Gasteiger partial charge >= 0.3 is 5.97 Å². The normalized spacial score (nSPS) is 11.6. The molecule has 2 heteroatoms. The van der Waals surface area contributed by atoms with Crippen molar-refractivity contribution in [3.8, 4) is 33.4 Å². The Balaban J connectivity index is 1.94. The van der Waals surface area contributed by atoms with Crippen molar-refractivity contribution in [3.05, 3.63) is 109 Å². The zero-order valence-electron chi connectivity index (χ0n) is 16.5. The molecule has 0 bridgehead atoms. The maximum atomic E-state index is 11.2. The second-order valence-electron chi connectivity index (χ2n) is 6.24. The van der Waals surface area contributed by atoms with Crippen LogP contribution in [0.15, 0.2) is 103 Å². The number of hydrogen-bond donors (Lipinski definition) is 1. The fourth-order valence-corrected chi connectivity index (χ4v) is 3.03. The first-order valence-electron chi connectivity index (χ1n) is 9.64. The number of carbonyl (C=O) groups is 1. The van der Waals surface area contributed by atoms with Crippen molar-refractivity contribution in [3.63, 3.8) is 0 Å². The molecule has 0 aliphatic carbocycles. The molecule has 0 spiro atoms. The molecule has 0 heterocycles. The first-order valence-corrected chi connectivity index (χ1v) is 8.64. The molecule has 4 aromatic rings. The second-order valence-corrected chi connectivity index (χ2v) is 6.24. The van der Waals surface area contributed by atoms with Gasteiger partial charge in [-0.05, 0) is 63.7 Å². The average molecular weight is 352 g/mol. The number of rotatable bonds is 4. The predicted molar refractivity (Wildman–Crippen MR) is 110 cm³/mol. The van der Waals surface area contributed by atoms with E-state index in [0.717, 1.165) is 27.8 Å². The van der Waals surface area contributed by atoms with Gasteiger partial charge in [0, 0.05) is 0 Å². The smallest absolute Gasteiger partial charge is 0.335 e. The predicted octanol–water partition coefficient (Wildman–Crippen LogP) is 6.39. The van der Waals surface area contributed by atoms with Crippen LogP contribution in [0.1, 0.15) is 13.1 Å². The molecule has 4 rings (SSSR count). The zero-order valence-corrected chi connectivity index (χ0v) is 14.5. The Hall–Kier alpha value is -3.65. The largest absolute Gasteiger partial charge is 0.478 e. The monoisotopic (exact) mass is 352 g/mol. The minimum Gasteiger partial charge on any atom is -0.478 e. The number of carboxylic acids is 1. The highest BCUT2D eigenvalue weighted by Crippen LogP contribution is 2.32. The lowest BCUT2D eigenvalue weighted by molar-refractivity contribution is 0.0697. The summed E-state index contributed by atoms with van der Waals surface area (Å²) >= 11 is 0. The van der Waals surface area contributed by atoms with Crippen molar-refractivity contribution >= 4 is 5.97 Å². The molecule has 0 aliphatic rings. The third-order valence-electron chi connectivity index (χ3n) is 4.44. The summed E-state index contributed by atoms with van der Waals surface area (Å²) in [6.45, 7) is 0. The topological polar surface area (TPSA) is 37.3 Å². The summed E-state index contributed by atoms with van der Waals surface area (Å²) in [6.07, 6.45) is 0. The standard InChI is InChI=1S/C25H18O2/c26-25(27)21-13-11-20(12-14-21)24-16-22(18-7-3-1-4-8-18)15-23(17-24)19-9-5-2-6-10-19/h1-17H,(H,26,27)/i3D,17D. The van der Waals surface area contributed by atoms with Gasteiger partial charge < -0.3 is 5.11 Å². The van der Waals surface area contributed by atoms with E-state index in [1.165, 1.54) is 0 Å². The first kappa shape index (κ1) is 14.5. The van der Waals surface area contributed by atoms with E-state index in [1.807, 2.05) is 54.6 Å². The minimum atomic E-state index is -0.978. The molecule has 130 valence electrons. The van der Waals surface area contributed by atoms with Gasteiger partial charge in [0.2, 0.25) is 0 Å². The van der Waals surface area contributed by atoms with Crippen molar-refractivity contribution in [1.29, 1.82) is 0 Å². The second kappa shape index (κ2) is 7.30. The van der Waals surface area contributed by atoms with E-state index in [1.54, 1.807) is 36.4 Å². The maximum absolute atomic E-state index is 11.2. The fourth-order valence-electron chi connectivity index (χ4n) is 3.03. The van der Waals surface area contributed by atoms with Gasteiger partial charge in [-0.25, -0.2) is 4.79 Å². The van der Waals surface area contributed by atoms with Crippen LogP contribution >= 0.6 is 0 Å². The van der Waals surface area contributed by atoms with E-state index in [-0.39, 0.29) is 5.56 Å². The molecule has 0 aliphatic heterocycles. The molecule has 2 nitrogen and oxygen atoms in total. The van der Waals surface area contributed by atoms with Crippen molar-refractivity contribution in [2.75, 3.05) is 0 Å². The molecular formula is C25H18O2. The van der Waals surface area contributed by atoms with Gasteiger partial charge in [-0.1, -0.05) is 72.8 Å². The summed E-state index contributed by atoms with van der Waals surface area (Å²) in [4.78, 5) is 11.2. The number of benzene rings is 4. The fraction of sp³-hybridized carbons (Fsp3) is 0. The molecule has 0 saturated carbocycles. The van der Waals surface area contributed by atoms with Gasteiger partial charge in [-0.15, -0.1) is 0 Å². The molecule has 0 amide bonds. The summed E-state index contributed by atoms with van der Waals surface area (Å²) in [5.41, 5.74) is 5.24. The number of hydrogen-bond acceptors (Lipinski definition) is 1. The van der Waals surface area contributed by atoms with Crippen LogP contribution in [0.5, 0.6) is 0 Å². The van der Waals surface area contributed by atoms with Gasteiger partial charge in [0.1, 0.15) is 0 Å². The van der Waals surface area contributed by atoms with Gasteiger partial charge in [-0.2, -0.15) is 0 Å². The molecule has 1 N–H and O–H groups in total. The highest BCUT2D eigenvalue weighted by atomic mass is 16.4. The van der Waals surface area contributed by atoms with Gasteiger partial charge in [0.15, 0.2) is 0 Å². The summed E-state index contributed by atoms with van der Waals surface area (Å²) in [5, 5.41) is 9.16. The van der Waals surface area contributed by atoms with Crippen LogP contribution in [0.4, 0.5) is 0 Å². The van der Waals surface area contributed by atoms with Crippen LogP contribution in [0.25, 0.3) is 33.4 Å². The molecule has 4 aromatic carbocycles. The Morgan fingerprint density at radius 2 is 1.19 bits per heavy atom. The summed E-state index contributed by atoms with van der Waals surface area (Å²) in [5.74, 6) is -0.978. The van der Waals surface area contributed by atoms with Crippen LogP contribution in [0, 0.1) is 0 Å². The highest BCUT2D eigenvalue weighted by molar-refractivity contribution is 5.89. The van der Waals surface area contributed by atoms with Gasteiger partial charge in [0.25, 0.3) is 0 Å². The lowest BCUT2D eigenvalue weighted by Gasteiger charge is -2.11. The summed E-state index contributed by atoms with van der Waals surface area (Å²) in [6, 6.07) is 28.3. The summed E-state index contributed by atoms with van der Waals surface area (Å²) in [7, 11) is 0. The van der Waals surface area contributed by atoms with E-state index in [4.69, 9.17) is 7.85 Å². The van der Waals surface area contributed by atoms with Crippen LogP contribution in [-0.4, -0.2) is 11.1 Å². The Bertz CT molecular complexity index is 1180. The van der Waals surface area contributed by atoms with E-state index >= 15 is 0 Å². The highest BCUT2D eigenvalue weighted by Gasteiger charge is 2.08.